The van der Waals surface area contributed by atoms with Gasteiger partial charge in [0.05, 0.1) is 6.04 Å². The summed E-state index contributed by atoms with van der Waals surface area (Å²) in [5, 5.41) is 32.2. The lowest BCUT2D eigenvalue weighted by molar-refractivity contribution is -0.140. The lowest BCUT2D eigenvalue weighted by atomic mass is 10.1. The van der Waals surface area contributed by atoms with Gasteiger partial charge in [-0.15, -0.1) is 0 Å². The Bertz CT molecular complexity index is 964. The van der Waals surface area contributed by atoms with Crippen molar-refractivity contribution in [2.75, 3.05) is 25.5 Å². The zero-order chi connectivity index (χ0) is 24.1. The molecule has 1 aromatic carbocycles. The van der Waals surface area contributed by atoms with E-state index >= 15 is 0 Å². The molecule has 2 heterocycles. The van der Waals surface area contributed by atoms with Crippen molar-refractivity contribution in [1.29, 1.82) is 0 Å². The lowest BCUT2D eigenvalue weighted by Gasteiger charge is -2.41. The Morgan fingerprint density at radius 3 is 2.55 bits per heavy atom. The molecule has 0 saturated carbocycles. The van der Waals surface area contributed by atoms with Crippen LogP contribution in [0.2, 0.25) is 0 Å². The third-order valence-electron chi connectivity index (χ3n) is 5.39. The molecule has 0 radical (unpaired) electrons. The van der Waals surface area contributed by atoms with Gasteiger partial charge < -0.3 is 41.7 Å². The molecule has 0 spiro atoms. The summed E-state index contributed by atoms with van der Waals surface area (Å²) >= 11 is 0. The van der Waals surface area contributed by atoms with Gasteiger partial charge in [0, 0.05) is 37.8 Å². The molecule has 13 nitrogen and oxygen atoms in total. The summed E-state index contributed by atoms with van der Waals surface area (Å²) in [5.41, 5.74) is 7.16. The first-order chi connectivity index (χ1) is 15.7. The average Bonchev–Trinajstić information content (AvgIpc) is 2.75. The Labute approximate surface area is 189 Å². The van der Waals surface area contributed by atoms with E-state index in [0.29, 0.717) is 24.6 Å². The molecule has 0 bridgehead atoms. The number of carboxylic acids is 2. The molecule has 1 aromatic rings. The summed E-state index contributed by atoms with van der Waals surface area (Å²) in [6.45, 7) is 1.07. The molecule has 0 aromatic heterocycles. The first-order valence-corrected chi connectivity index (χ1v) is 10.3. The van der Waals surface area contributed by atoms with Crippen LogP contribution in [0.3, 0.4) is 0 Å². The van der Waals surface area contributed by atoms with Crippen LogP contribution in [-0.4, -0.2) is 77.4 Å². The normalized spacial score (nSPS) is 20.5. The van der Waals surface area contributed by atoms with Crippen LogP contribution in [0, 0.1) is 0 Å². The highest BCUT2D eigenvalue weighted by molar-refractivity contribution is 5.97. The van der Waals surface area contributed by atoms with Gasteiger partial charge in [0.1, 0.15) is 17.6 Å². The number of nitrogens with zero attached hydrogens (tertiary/aromatic N) is 1. The number of amides is 2. The highest BCUT2D eigenvalue weighted by Crippen LogP contribution is 2.18. The summed E-state index contributed by atoms with van der Waals surface area (Å²) in [7, 11) is 1.82. The minimum atomic E-state index is -1.30. The van der Waals surface area contributed by atoms with Gasteiger partial charge in [-0.1, -0.05) is 0 Å². The summed E-state index contributed by atoms with van der Waals surface area (Å²) in [6, 6.07) is 5.10. The van der Waals surface area contributed by atoms with E-state index in [4.69, 9.17) is 10.8 Å². The van der Waals surface area contributed by atoms with Crippen LogP contribution in [0.1, 0.15) is 23.2 Å². The predicted molar refractivity (Wildman–Crippen MR) is 117 cm³/mol. The molecule has 178 valence electrons. The molecule has 0 aliphatic carbocycles. The van der Waals surface area contributed by atoms with E-state index in [2.05, 4.69) is 26.6 Å². The molecule has 33 heavy (non-hydrogen) atoms. The van der Waals surface area contributed by atoms with Crippen LogP contribution in [0.5, 0.6) is 0 Å². The van der Waals surface area contributed by atoms with Crippen molar-refractivity contribution in [3.63, 3.8) is 0 Å². The second-order valence-electron chi connectivity index (χ2n) is 7.72. The van der Waals surface area contributed by atoms with Crippen LogP contribution in [-0.2, 0) is 14.4 Å². The number of carbonyl (C=O) groups excluding carboxylic acids is 2. The number of carbonyl (C=O) groups is 4. The monoisotopic (exact) mass is 461 g/mol. The van der Waals surface area contributed by atoms with E-state index in [9.17, 15) is 24.3 Å². The highest BCUT2D eigenvalue weighted by atomic mass is 16.4. The maximum absolute atomic E-state index is 12.3. The molecule has 3 atom stereocenters. The number of hydrogen-bond donors (Lipinski definition) is 8. The Morgan fingerprint density at radius 1 is 1.21 bits per heavy atom. The van der Waals surface area contributed by atoms with Crippen molar-refractivity contribution in [2.24, 2.45) is 5.73 Å². The molecule has 2 aliphatic rings. The fraction of sp³-hybridized carbons (Fsp3) is 0.400. The van der Waals surface area contributed by atoms with Crippen LogP contribution in [0.15, 0.2) is 35.8 Å². The summed E-state index contributed by atoms with van der Waals surface area (Å²) < 4.78 is 0. The van der Waals surface area contributed by atoms with Gasteiger partial charge in [-0.25, -0.2) is 4.79 Å². The quantitative estimate of drug-likeness (QED) is 0.206. The van der Waals surface area contributed by atoms with Crippen molar-refractivity contribution in [2.45, 2.75) is 31.2 Å². The van der Waals surface area contributed by atoms with Crippen molar-refractivity contribution in [3.05, 3.63) is 41.3 Å². The Kier molecular flexibility index (Phi) is 7.23. The molecule has 13 heteroatoms. The van der Waals surface area contributed by atoms with Crippen molar-refractivity contribution in [3.8, 4) is 0 Å². The van der Waals surface area contributed by atoms with Crippen LogP contribution in [0.25, 0.3) is 0 Å². The molecule has 1 unspecified atom stereocenters. The third kappa shape index (κ3) is 5.83. The van der Waals surface area contributed by atoms with E-state index in [-0.39, 0.29) is 30.4 Å². The van der Waals surface area contributed by atoms with Gasteiger partial charge in [0.15, 0.2) is 6.29 Å². The molecular formula is C20H27N7O6. The number of rotatable bonds is 9. The molecule has 3 rings (SSSR count). The standard InChI is InChI=1S/C20H27N7O6/c1-27-12(9-23-16-15(27)18(31)26-20(21)25-16)8-22-11-4-2-10(3-5-11)17(30)24-13(19(32)33)6-7-14(28)29/h2-5,12-13,20,22-23,25H,6-9,21H2,1H3,(H,24,30)(H,26,31)(H,28,29)(H,32,33)/t12-,13-,20?/m0/s1. The number of nitrogens with one attached hydrogen (secondary N) is 5. The Morgan fingerprint density at radius 2 is 1.91 bits per heavy atom. The third-order valence-corrected chi connectivity index (χ3v) is 5.39. The molecular weight excluding hydrogens is 434 g/mol. The second-order valence-corrected chi connectivity index (χ2v) is 7.72. The van der Waals surface area contributed by atoms with Gasteiger partial charge in [-0.2, -0.15) is 0 Å². The van der Waals surface area contributed by atoms with Crippen LogP contribution >= 0.6 is 0 Å². The van der Waals surface area contributed by atoms with Gasteiger partial charge >= 0.3 is 11.9 Å². The summed E-state index contributed by atoms with van der Waals surface area (Å²) in [5.74, 6) is -2.72. The van der Waals surface area contributed by atoms with Crippen molar-refractivity contribution < 1.29 is 29.4 Å². The maximum Gasteiger partial charge on any atom is 0.326 e. The number of likely N-dealkylation sites (N-methyl/N-ethyl adjacent to an activating group) is 1. The summed E-state index contributed by atoms with van der Waals surface area (Å²) in [4.78, 5) is 48.4. The van der Waals surface area contributed by atoms with E-state index in [0.717, 1.165) is 5.69 Å². The van der Waals surface area contributed by atoms with Gasteiger partial charge in [0.25, 0.3) is 11.8 Å². The number of benzene rings is 1. The van der Waals surface area contributed by atoms with E-state index < -0.39 is 30.2 Å². The zero-order valence-corrected chi connectivity index (χ0v) is 17.9. The van der Waals surface area contributed by atoms with Crippen LogP contribution < -0.4 is 32.3 Å². The number of carboxylic acid groups (broad SMARTS) is 2. The SMILES string of the molecule is CN1C2=C(NC[C@@H]1CNc1ccc(C(=O)N[C@@H](CCC(=O)O)C(=O)O)cc1)NC(N)NC2=O. The van der Waals surface area contributed by atoms with Crippen molar-refractivity contribution in [1.82, 2.24) is 26.2 Å². The Balaban J connectivity index is 1.55. The molecule has 0 saturated heterocycles. The average molecular weight is 461 g/mol. The largest absolute Gasteiger partial charge is 0.481 e. The second kappa shape index (κ2) is 10.1. The number of hydrogen-bond acceptors (Lipinski definition) is 9. The van der Waals surface area contributed by atoms with E-state index in [1.54, 1.807) is 12.1 Å². The molecule has 0 fully saturated rings. The summed E-state index contributed by atoms with van der Waals surface area (Å²) in [6.07, 6.45) is -1.23. The highest BCUT2D eigenvalue weighted by Gasteiger charge is 2.34. The maximum atomic E-state index is 12.3. The van der Waals surface area contributed by atoms with Gasteiger partial charge in [-0.05, 0) is 30.7 Å². The lowest BCUT2D eigenvalue weighted by Crippen LogP contribution is -2.64. The van der Waals surface area contributed by atoms with Crippen molar-refractivity contribution >= 4 is 29.4 Å². The van der Waals surface area contributed by atoms with E-state index in [1.807, 2.05) is 11.9 Å². The Hall–Kier alpha value is -4.00. The molecule has 2 amide bonds. The predicted octanol–water partition coefficient (Wildman–Crippen LogP) is -1.82. The smallest absolute Gasteiger partial charge is 0.326 e. The fourth-order valence-electron chi connectivity index (χ4n) is 3.54. The number of anilines is 1. The number of aliphatic carboxylic acids is 2. The fourth-order valence-corrected chi connectivity index (χ4v) is 3.54. The first kappa shape index (κ1) is 23.7. The number of nitrogens with two attached hydrogens (primary N) is 1. The van der Waals surface area contributed by atoms with E-state index in [1.165, 1.54) is 12.1 Å². The van der Waals surface area contributed by atoms with Gasteiger partial charge in [-0.3, -0.25) is 20.1 Å². The molecule has 9 N–H and O–H groups in total. The van der Waals surface area contributed by atoms with Gasteiger partial charge in [0.2, 0.25) is 0 Å². The minimum absolute atomic E-state index is 0.0424. The first-order valence-electron chi connectivity index (χ1n) is 10.3. The van der Waals surface area contributed by atoms with Crippen LogP contribution in [0.4, 0.5) is 5.69 Å². The topological polar surface area (TPSA) is 198 Å². The zero-order valence-electron chi connectivity index (χ0n) is 17.9. The molecule has 2 aliphatic heterocycles. The minimum Gasteiger partial charge on any atom is -0.481 e.